The maximum Gasteiger partial charge on any atom is 0.191 e. The number of carbonyl (C=O) groups excluding carboxylic acids is 1. The zero-order valence-electron chi connectivity index (χ0n) is 8.34. The SMILES string of the molecule is O=C(c1ccccc1[O-])c1ccccc1[O-]. The lowest BCUT2D eigenvalue weighted by Crippen LogP contribution is -2.09. The van der Waals surface area contributed by atoms with Crippen molar-refractivity contribution >= 4 is 5.78 Å². The van der Waals surface area contributed by atoms with Crippen LogP contribution in [0.1, 0.15) is 15.9 Å². The molecule has 0 heterocycles. The van der Waals surface area contributed by atoms with Gasteiger partial charge in [0.1, 0.15) is 0 Å². The number of para-hydroxylation sites is 2. The van der Waals surface area contributed by atoms with Gasteiger partial charge in [-0.25, -0.2) is 0 Å². The fourth-order valence-corrected chi connectivity index (χ4v) is 1.45. The van der Waals surface area contributed by atoms with Gasteiger partial charge in [0.05, 0.1) is 0 Å². The lowest BCUT2D eigenvalue weighted by atomic mass is 10.0. The van der Waals surface area contributed by atoms with Crippen molar-refractivity contribution in [2.75, 3.05) is 0 Å². The second-order valence-corrected chi connectivity index (χ2v) is 3.32. The minimum atomic E-state index is -0.517. The highest BCUT2D eigenvalue weighted by atomic mass is 16.3. The molecule has 2 rings (SSSR count). The van der Waals surface area contributed by atoms with E-state index in [-0.39, 0.29) is 22.6 Å². The lowest BCUT2D eigenvalue weighted by molar-refractivity contribution is -0.268. The summed E-state index contributed by atoms with van der Waals surface area (Å²) in [6, 6.07) is 11.8. The molecule has 0 saturated heterocycles. The van der Waals surface area contributed by atoms with Crippen LogP contribution in [-0.4, -0.2) is 5.78 Å². The third kappa shape index (κ3) is 1.75. The van der Waals surface area contributed by atoms with Gasteiger partial charge in [0.15, 0.2) is 5.78 Å². The number of carbonyl (C=O) groups is 1. The molecule has 0 bridgehead atoms. The Balaban J connectivity index is 2.48. The summed E-state index contributed by atoms with van der Waals surface area (Å²) in [5.74, 6) is -1.25. The van der Waals surface area contributed by atoms with Crippen LogP contribution in [0.3, 0.4) is 0 Å². The average Bonchev–Trinajstić information content (AvgIpc) is 2.29. The molecule has 2 aromatic carbocycles. The molecule has 3 nitrogen and oxygen atoms in total. The van der Waals surface area contributed by atoms with Crippen molar-refractivity contribution in [1.82, 2.24) is 0 Å². The van der Waals surface area contributed by atoms with Gasteiger partial charge in [-0.05, 0) is 0 Å². The van der Waals surface area contributed by atoms with Crippen LogP contribution in [-0.2, 0) is 0 Å². The van der Waals surface area contributed by atoms with Crippen LogP contribution in [0.15, 0.2) is 48.5 Å². The van der Waals surface area contributed by atoms with Gasteiger partial charge >= 0.3 is 0 Å². The van der Waals surface area contributed by atoms with Gasteiger partial charge in [-0.3, -0.25) is 4.79 Å². The van der Waals surface area contributed by atoms with E-state index in [4.69, 9.17) is 0 Å². The van der Waals surface area contributed by atoms with E-state index in [2.05, 4.69) is 0 Å². The van der Waals surface area contributed by atoms with Crippen LogP contribution >= 0.6 is 0 Å². The van der Waals surface area contributed by atoms with Crippen LogP contribution < -0.4 is 10.2 Å². The van der Waals surface area contributed by atoms with E-state index in [1.807, 2.05) is 0 Å². The Morgan fingerprint density at radius 3 is 1.50 bits per heavy atom. The Morgan fingerprint density at radius 2 is 1.12 bits per heavy atom. The van der Waals surface area contributed by atoms with Gasteiger partial charge in [-0.2, -0.15) is 0 Å². The first-order valence-electron chi connectivity index (χ1n) is 4.77. The molecule has 0 atom stereocenters. The first kappa shape index (κ1) is 10.2. The molecule has 0 amide bonds. The van der Waals surface area contributed by atoms with Crippen LogP contribution in [0, 0.1) is 0 Å². The Bertz CT molecular complexity index is 485. The lowest BCUT2D eigenvalue weighted by Gasteiger charge is -2.15. The quantitative estimate of drug-likeness (QED) is 0.699. The fraction of sp³-hybridized carbons (Fsp3) is 0. The van der Waals surface area contributed by atoms with Crippen molar-refractivity contribution in [3.8, 4) is 11.5 Å². The Kier molecular flexibility index (Phi) is 2.60. The summed E-state index contributed by atoms with van der Waals surface area (Å²) < 4.78 is 0. The van der Waals surface area contributed by atoms with E-state index in [1.165, 1.54) is 24.3 Å². The Morgan fingerprint density at radius 1 is 0.750 bits per heavy atom. The van der Waals surface area contributed by atoms with Crippen LogP contribution in [0.2, 0.25) is 0 Å². The highest BCUT2D eigenvalue weighted by Crippen LogP contribution is 2.21. The minimum Gasteiger partial charge on any atom is -0.872 e. The average molecular weight is 212 g/mol. The van der Waals surface area contributed by atoms with Gasteiger partial charge in [0.2, 0.25) is 0 Å². The zero-order valence-corrected chi connectivity index (χ0v) is 8.34. The van der Waals surface area contributed by atoms with Crippen LogP contribution in [0.5, 0.6) is 11.5 Å². The van der Waals surface area contributed by atoms with E-state index in [0.29, 0.717) is 0 Å². The van der Waals surface area contributed by atoms with E-state index >= 15 is 0 Å². The fourth-order valence-electron chi connectivity index (χ4n) is 1.45. The Labute approximate surface area is 92.6 Å². The Hall–Kier alpha value is -2.29. The molecule has 0 aromatic heterocycles. The standard InChI is InChI=1S/C13H10O3/c14-11-7-3-1-5-9(11)13(16)10-6-2-4-8-12(10)15/h1-8,14-15H/p-2. The molecule has 0 radical (unpaired) electrons. The van der Waals surface area contributed by atoms with Gasteiger partial charge in [-0.15, -0.1) is 0 Å². The van der Waals surface area contributed by atoms with Gasteiger partial charge in [0, 0.05) is 11.1 Å². The summed E-state index contributed by atoms with van der Waals surface area (Å²) in [7, 11) is 0. The van der Waals surface area contributed by atoms with E-state index in [9.17, 15) is 15.0 Å². The monoisotopic (exact) mass is 212 g/mol. The van der Waals surface area contributed by atoms with Gasteiger partial charge in [0.25, 0.3) is 0 Å². The second-order valence-electron chi connectivity index (χ2n) is 3.32. The van der Waals surface area contributed by atoms with Crippen molar-refractivity contribution in [2.45, 2.75) is 0 Å². The van der Waals surface area contributed by atoms with E-state index < -0.39 is 5.78 Å². The summed E-state index contributed by atoms with van der Waals surface area (Å²) >= 11 is 0. The van der Waals surface area contributed by atoms with Crippen LogP contribution in [0.4, 0.5) is 0 Å². The molecule has 2 aromatic rings. The molecule has 0 spiro atoms. The molecule has 0 N–H and O–H groups in total. The number of benzene rings is 2. The maximum atomic E-state index is 11.9. The summed E-state index contributed by atoms with van der Waals surface area (Å²) in [5.41, 5.74) is 0.0663. The second kappa shape index (κ2) is 4.06. The zero-order chi connectivity index (χ0) is 11.5. The largest absolute Gasteiger partial charge is 0.872 e. The highest BCUT2D eigenvalue weighted by Gasteiger charge is 2.09. The van der Waals surface area contributed by atoms with E-state index in [1.54, 1.807) is 24.3 Å². The first-order chi connectivity index (χ1) is 7.70. The summed E-state index contributed by atoms with van der Waals surface area (Å²) in [5, 5.41) is 22.8. The molecule has 0 aliphatic rings. The summed E-state index contributed by atoms with van der Waals surface area (Å²) in [4.78, 5) is 11.9. The molecule has 0 saturated carbocycles. The van der Waals surface area contributed by atoms with Crippen molar-refractivity contribution in [3.63, 3.8) is 0 Å². The third-order valence-corrected chi connectivity index (χ3v) is 2.26. The van der Waals surface area contributed by atoms with Crippen molar-refractivity contribution in [2.24, 2.45) is 0 Å². The molecule has 3 heteroatoms. The number of rotatable bonds is 2. The third-order valence-electron chi connectivity index (χ3n) is 2.26. The van der Waals surface area contributed by atoms with Crippen LogP contribution in [0.25, 0.3) is 0 Å². The van der Waals surface area contributed by atoms with Crippen molar-refractivity contribution in [3.05, 3.63) is 59.7 Å². The van der Waals surface area contributed by atoms with Gasteiger partial charge in [-0.1, -0.05) is 60.0 Å². The molecule has 16 heavy (non-hydrogen) atoms. The predicted molar refractivity (Wildman–Crippen MR) is 55.2 cm³/mol. The summed E-state index contributed by atoms with van der Waals surface area (Å²) in [6.45, 7) is 0. The number of hydrogen-bond donors (Lipinski definition) is 0. The number of ketones is 1. The maximum absolute atomic E-state index is 11.9. The molecule has 0 aliphatic carbocycles. The van der Waals surface area contributed by atoms with Crippen molar-refractivity contribution < 1.29 is 15.0 Å². The smallest absolute Gasteiger partial charge is 0.191 e. The van der Waals surface area contributed by atoms with Gasteiger partial charge < -0.3 is 10.2 Å². The molecular formula is C13H8O3-2. The minimum absolute atomic E-state index is 0.0331. The molecule has 0 fully saturated rings. The van der Waals surface area contributed by atoms with Crippen molar-refractivity contribution in [1.29, 1.82) is 0 Å². The molecule has 0 aliphatic heterocycles. The topological polar surface area (TPSA) is 63.2 Å². The molecular weight excluding hydrogens is 204 g/mol. The molecule has 0 unspecified atom stereocenters. The first-order valence-corrected chi connectivity index (χ1v) is 4.77. The normalized spacial score (nSPS) is 10.0. The van der Waals surface area contributed by atoms with E-state index in [0.717, 1.165) is 0 Å². The highest BCUT2D eigenvalue weighted by molar-refractivity contribution is 6.11. The summed E-state index contributed by atoms with van der Waals surface area (Å²) in [6.07, 6.45) is 0. The number of hydrogen-bond acceptors (Lipinski definition) is 3. The molecule has 80 valence electrons. The predicted octanol–water partition coefficient (Wildman–Crippen LogP) is 1.06.